The molecule has 1 fully saturated rings. The molecule has 1 amide bonds. The molecule has 0 atom stereocenters. The Bertz CT molecular complexity index is 586. The van der Waals surface area contributed by atoms with Crippen LogP contribution in [0.4, 0.5) is 8.78 Å². The highest BCUT2D eigenvalue weighted by atomic mass is 19.3. The van der Waals surface area contributed by atoms with Crippen molar-refractivity contribution >= 4 is 5.91 Å². The molecule has 3 rings (SSSR count). The average molecular weight is 298 g/mol. The monoisotopic (exact) mass is 298 g/mol. The van der Waals surface area contributed by atoms with Crippen LogP contribution in [-0.4, -0.2) is 30.7 Å². The SMILES string of the molecule is CC1(C)C(=O)NC2(COC2)c2ccc(COC(F)F)nc21. The summed E-state index contributed by atoms with van der Waals surface area (Å²) < 4.78 is 33.8. The minimum atomic E-state index is -2.84. The van der Waals surface area contributed by atoms with E-state index in [9.17, 15) is 13.6 Å². The quantitative estimate of drug-likeness (QED) is 0.917. The molecule has 1 spiro atoms. The molecule has 1 aromatic rings. The lowest BCUT2D eigenvalue weighted by Crippen LogP contribution is -2.66. The molecule has 0 aromatic carbocycles. The van der Waals surface area contributed by atoms with Crippen LogP contribution in [0.2, 0.25) is 0 Å². The Labute approximate surface area is 120 Å². The van der Waals surface area contributed by atoms with Crippen LogP contribution in [0.1, 0.15) is 30.8 Å². The molecule has 7 heteroatoms. The van der Waals surface area contributed by atoms with Crippen molar-refractivity contribution in [3.8, 4) is 0 Å². The maximum atomic E-state index is 12.3. The molecule has 0 bridgehead atoms. The molecule has 1 N–H and O–H groups in total. The predicted molar refractivity (Wildman–Crippen MR) is 68.7 cm³/mol. The number of hydrogen-bond acceptors (Lipinski definition) is 4. The largest absolute Gasteiger partial charge is 0.376 e. The third kappa shape index (κ3) is 2.20. The van der Waals surface area contributed by atoms with Gasteiger partial charge in [-0.2, -0.15) is 8.78 Å². The zero-order valence-electron chi connectivity index (χ0n) is 11.8. The number of carbonyl (C=O) groups is 1. The fraction of sp³-hybridized carbons (Fsp3) is 0.571. The van der Waals surface area contributed by atoms with Gasteiger partial charge in [0, 0.05) is 5.56 Å². The molecule has 0 unspecified atom stereocenters. The maximum absolute atomic E-state index is 12.3. The van der Waals surface area contributed by atoms with Gasteiger partial charge >= 0.3 is 6.61 Å². The third-order valence-electron chi connectivity index (χ3n) is 4.04. The van der Waals surface area contributed by atoms with Crippen LogP contribution in [0.25, 0.3) is 0 Å². The first kappa shape index (κ1) is 14.3. The molecule has 21 heavy (non-hydrogen) atoms. The lowest BCUT2D eigenvalue weighted by atomic mass is 9.73. The van der Waals surface area contributed by atoms with E-state index in [1.807, 2.05) is 6.07 Å². The second-order valence-corrected chi connectivity index (χ2v) is 5.92. The minimum absolute atomic E-state index is 0.141. The summed E-state index contributed by atoms with van der Waals surface area (Å²) in [6, 6.07) is 3.46. The summed E-state index contributed by atoms with van der Waals surface area (Å²) >= 11 is 0. The molecule has 5 nitrogen and oxygen atoms in total. The van der Waals surface area contributed by atoms with Crippen LogP contribution < -0.4 is 5.32 Å². The van der Waals surface area contributed by atoms with Crippen LogP contribution in [0.15, 0.2) is 12.1 Å². The van der Waals surface area contributed by atoms with Crippen LogP contribution in [0, 0.1) is 0 Å². The molecule has 2 aliphatic rings. The Morgan fingerprint density at radius 2 is 2.14 bits per heavy atom. The lowest BCUT2D eigenvalue weighted by Gasteiger charge is -2.49. The Kier molecular flexibility index (Phi) is 3.22. The fourth-order valence-electron chi connectivity index (χ4n) is 2.67. The number of amides is 1. The number of ether oxygens (including phenoxy) is 2. The number of nitrogens with one attached hydrogen (secondary N) is 1. The number of rotatable bonds is 3. The van der Waals surface area contributed by atoms with E-state index >= 15 is 0 Å². The highest BCUT2D eigenvalue weighted by Crippen LogP contribution is 2.41. The van der Waals surface area contributed by atoms with Crippen LogP contribution in [0.3, 0.4) is 0 Å². The van der Waals surface area contributed by atoms with Gasteiger partial charge in [0.1, 0.15) is 5.54 Å². The van der Waals surface area contributed by atoms with Crippen LogP contribution in [0.5, 0.6) is 0 Å². The minimum Gasteiger partial charge on any atom is -0.376 e. The van der Waals surface area contributed by atoms with Crippen LogP contribution >= 0.6 is 0 Å². The Morgan fingerprint density at radius 3 is 2.71 bits per heavy atom. The van der Waals surface area contributed by atoms with Crippen molar-refractivity contribution < 1.29 is 23.0 Å². The van der Waals surface area contributed by atoms with Gasteiger partial charge in [0.25, 0.3) is 0 Å². The van der Waals surface area contributed by atoms with E-state index < -0.39 is 17.6 Å². The highest BCUT2D eigenvalue weighted by molar-refractivity contribution is 5.90. The first-order chi connectivity index (χ1) is 9.85. The first-order valence-corrected chi connectivity index (χ1v) is 6.66. The molecular weight excluding hydrogens is 282 g/mol. The topological polar surface area (TPSA) is 60.5 Å². The summed E-state index contributed by atoms with van der Waals surface area (Å²) in [6.07, 6.45) is 0. The smallest absolute Gasteiger partial charge is 0.345 e. The number of alkyl halides is 2. The molecular formula is C14H16F2N2O3. The van der Waals surface area contributed by atoms with Gasteiger partial charge in [-0.05, 0) is 19.9 Å². The second kappa shape index (κ2) is 4.71. The molecule has 0 radical (unpaired) electrons. The van der Waals surface area contributed by atoms with Gasteiger partial charge < -0.3 is 14.8 Å². The lowest BCUT2D eigenvalue weighted by molar-refractivity contribution is -0.142. The molecule has 3 heterocycles. The summed E-state index contributed by atoms with van der Waals surface area (Å²) in [5, 5.41) is 2.99. The van der Waals surface area contributed by atoms with E-state index in [0.717, 1.165) is 5.56 Å². The summed E-state index contributed by atoms with van der Waals surface area (Å²) in [7, 11) is 0. The number of aromatic nitrogens is 1. The van der Waals surface area contributed by atoms with Gasteiger partial charge in [0.05, 0.1) is 36.6 Å². The van der Waals surface area contributed by atoms with Gasteiger partial charge in [0.15, 0.2) is 0 Å². The molecule has 0 aliphatic carbocycles. The number of hydrogen-bond donors (Lipinski definition) is 1. The van der Waals surface area contributed by atoms with Gasteiger partial charge in [-0.25, -0.2) is 0 Å². The molecule has 2 aliphatic heterocycles. The summed E-state index contributed by atoms with van der Waals surface area (Å²) in [4.78, 5) is 16.7. The van der Waals surface area contributed by atoms with Crippen molar-refractivity contribution in [1.82, 2.24) is 10.3 Å². The molecule has 114 valence electrons. The standard InChI is InChI=1S/C14H16F2N2O3/c1-13(2)10-9(14(6-20-7-14)18-11(13)19)4-3-8(17-10)5-21-12(15)16/h3-4,12H,5-7H2,1-2H3,(H,18,19). The van der Waals surface area contributed by atoms with Gasteiger partial charge in [-0.1, -0.05) is 6.07 Å². The first-order valence-electron chi connectivity index (χ1n) is 6.66. The molecule has 1 aromatic heterocycles. The third-order valence-corrected chi connectivity index (χ3v) is 4.04. The van der Waals surface area contributed by atoms with Gasteiger partial charge in [-0.3, -0.25) is 9.78 Å². The fourth-order valence-corrected chi connectivity index (χ4v) is 2.67. The maximum Gasteiger partial charge on any atom is 0.345 e. The number of fused-ring (bicyclic) bond motifs is 2. The van der Waals surface area contributed by atoms with Crippen molar-refractivity contribution in [2.24, 2.45) is 0 Å². The number of pyridine rings is 1. The van der Waals surface area contributed by atoms with E-state index in [1.54, 1.807) is 19.9 Å². The van der Waals surface area contributed by atoms with Gasteiger partial charge in [0.2, 0.25) is 5.91 Å². The van der Waals surface area contributed by atoms with E-state index in [-0.39, 0.29) is 12.5 Å². The predicted octanol–water partition coefficient (Wildman–Crippen LogP) is 1.45. The van der Waals surface area contributed by atoms with Gasteiger partial charge in [-0.15, -0.1) is 0 Å². The number of carbonyl (C=O) groups excluding carboxylic acids is 1. The Morgan fingerprint density at radius 1 is 1.43 bits per heavy atom. The van der Waals surface area contributed by atoms with E-state index in [4.69, 9.17) is 4.74 Å². The molecule has 1 saturated heterocycles. The summed E-state index contributed by atoms with van der Waals surface area (Å²) in [6.45, 7) is 1.20. The second-order valence-electron chi connectivity index (χ2n) is 5.92. The van der Waals surface area contributed by atoms with E-state index in [2.05, 4.69) is 15.0 Å². The van der Waals surface area contributed by atoms with E-state index in [1.165, 1.54) is 0 Å². The molecule has 0 saturated carbocycles. The summed E-state index contributed by atoms with van der Waals surface area (Å²) in [5.41, 5.74) is 0.518. The normalized spacial score (nSPS) is 21.9. The Balaban J connectivity index is 2.01. The Hall–Kier alpha value is -1.60. The van der Waals surface area contributed by atoms with Crippen molar-refractivity contribution in [3.05, 3.63) is 29.1 Å². The van der Waals surface area contributed by atoms with Crippen LogP contribution in [-0.2, 0) is 31.8 Å². The zero-order valence-corrected chi connectivity index (χ0v) is 11.8. The zero-order chi connectivity index (χ0) is 15.3. The van der Waals surface area contributed by atoms with Crippen molar-refractivity contribution in [3.63, 3.8) is 0 Å². The summed E-state index contributed by atoms with van der Waals surface area (Å²) in [5.74, 6) is -0.141. The van der Waals surface area contributed by atoms with Crippen molar-refractivity contribution in [2.45, 2.75) is 38.0 Å². The average Bonchev–Trinajstić information content (AvgIpc) is 2.39. The van der Waals surface area contributed by atoms with Crippen molar-refractivity contribution in [1.29, 1.82) is 0 Å². The highest BCUT2D eigenvalue weighted by Gasteiger charge is 2.52. The number of halogens is 2. The number of nitrogens with zero attached hydrogens (tertiary/aromatic N) is 1. The van der Waals surface area contributed by atoms with Crippen molar-refractivity contribution in [2.75, 3.05) is 13.2 Å². The van der Waals surface area contributed by atoms with E-state index in [0.29, 0.717) is 24.6 Å².